The van der Waals surface area contributed by atoms with E-state index < -0.39 is 10.0 Å². The van der Waals surface area contributed by atoms with Crippen LogP contribution in [0.1, 0.15) is 27.9 Å². The minimum Gasteiger partial charge on any atom is -0.486 e. The summed E-state index contributed by atoms with van der Waals surface area (Å²) < 4.78 is 38.9. The average Bonchev–Trinajstić information content (AvgIpc) is 3.27. The molecule has 0 aromatic heterocycles. The molecule has 0 radical (unpaired) electrons. The molecule has 3 aromatic carbocycles. The van der Waals surface area contributed by atoms with E-state index >= 15 is 0 Å². The number of carbonyl (C=O) groups is 1. The van der Waals surface area contributed by atoms with E-state index in [2.05, 4.69) is 16.1 Å². The second-order valence-electron chi connectivity index (χ2n) is 7.78. The molecule has 3 aromatic rings. The number of hydrogen-bond acceptors (Lipinski definition) is 5. The third-order valence-electron chi connectivity index (χ3n) is 5.58. The van der Waals surface area contributed by atoms with Crippen LogP contribution < -0.4 is 19.5 Å². The third-order valence-corrected chi connectivity index (χ3v) is 6.96. The Kier molecular flexibility index (Phi) is 5.22. The Morgan fingerprint density at radius 1 is 0.781 bits per heavy atom. The van der Waals surface area contributed by atoms with Gasteiger partial charge in [-0.15, -0.1) is 0 Å². The number of hydrogen-bond donors (Lipinski definition) is 2. The van der Waals surface area contributed by atoms with Gasteiger partial charge in [-0.2, -0.15) is 0 Å². The fourth-order valence-electron chi connectivity index (χ4n) is 3.95. The van der Waals surface area contributed by atoms with Gasteiger partial charge < -0.3 is 14.8 Å². The summed E-state index contributed by atoms with van der Waals surface area (Å²) in [7, 11) is -3.82. The average molecular weight is 451 g/mol. The lowest BCUT2D eigenvalue weighted by Crippen LogP contribution is -2.17. The molecular weight excluding hydrogens is 428 g/mol. The zero-order chi connectivity index (χ0) is 22.1. The van der Waals surface area contributed by atoms with Crippen molar-refractivity contribution >= 4 is 27.3 Å². The topological polar surface area (TPSA) is 93.7 Å². The lowest BCUT2D eigenvalue weighted by atomic mass is 10.1. The Balaban J connectivity index is 1.27. The van der Waals surface area contributed by atoms with Crippen LogP contribution in [0.4, 0.5) is 11.4 Å². The normalized spacial score (nSPS) is 14.5. The van der Waals surface area contributed by atoms with Crippen LogP contribution in [0.15, 0.2) is 65.6 Å². The first-order valence-corrected chi connectivity index (χ1v) is 11.9. The predicted molar refractivity (Wildman–Crippen MR) is 121 cm³/mol. The minimum absolute atomic E-state index is 0.0696. The van der Waals surface area contributed by atoms with Crippen LogP contribution in [0.5, 0.6) is 11.5 Å². The van der Waals surface area contributed by atoms with Crippen molar-refractivity contribution in [3.8, 4) is 11.5 Å². The highest BCUT2D eigenvalue weighted by atomic mass is 32.2. The number of amides is 1. The predicted octanol–water partition coefficient (Wildman–Crippen LogP) is 4.00. The standard InChI is InChI=1S/C24H22N2O5S/c27-24(25-20-9-4-16-2-1-3-18(16)14-20)17-5-7-19(8-6-17)26-32(28,29)21-10-11-22-23(15-21)31-13-12-30-22/h4-11,14-15,26H,1-3,12-13H2,(H,25,27). The van der Waals surface area contributed by atoms with Crippen LogP contribution in [0.2, 0.25) is 0 Å². The summed E-state index contributed by atoms with van der Waals surface area (Å²) in [6, 6.07) is 16.8. The number of nitrogens with one attached hydrogen (secondary N) is 2. The summed E-state index contributed by atoms with van der Waals surface area (Å²) in [5.41, 5.74) is 4.19. The largest absolute Gasteiger partial charge is 0.486 e. The number of fused-ring (bicyclic) bond motifs is 2. The first kappa shape index (κ1) is 20.4. The number of aryl methyl sites for hydroxylation is 2. The smallest absolute Gasteiger partial charge is 0.262 e. The Morgan fingerprint density at radius 2 is 1.50 bits per heavy atom. The molecule has 1 aliphatic carbocycles. The van der Waals surface area contributed by atoms with Crippen molar-refractivity contribution in [3.05, 3.63) is 77.4 Å². The van der Waals surface area contributed by atoms with Crippen LogP contribution in [-0.4, -0.2) is 27.5 Å². The molecule has 0 atom stereocenters. The molecular formula is C24H22N2O5S. The van der Waals surface area contributed by atoms with Crippen LogP contribution in [-0.2, 0) is 22.9 Å². The molecule has 164 valence electrons. The maximum absolute atomic E-state index is 12.8. The second kappa shape index (κ2) is 8.20. The fraction of sp³-hybridized carbons (Fsp3) is 0.208. The first-order valence-electron chi connectivity index (χ1n) is 10.4. The molecule has 0 saturated heterocycles. The number of rotatable bonds is 5. The van der Waals surface area contributed by atoms with Crippen molar-refractivity contribution in [3.63, 3.8) is 0 Å². The van der Waals surface area contributed by atoms with Crippen molar-refractivity contribution in [1.29, 1.82) is 0 Å². The molecule has 0 unspecified atom stereocenters. The number of anilines is 2. The van der Waals surface area contributed by atoms with Crippen molar-refractivity contribution in [1.82, 2.24) is 0 Å². The van der Waals surface area contributed by atoms with E-state index in [0.717, 1.165) is 24.9 Å². The van der Waals surface area contributed by atoms with Gasteiger partial charge in [-0.05, 0) is 78.9 Å². The summed E-state index contributed by atoms with van der Waals surface area (Å²) in [6.07, 6.45) is 3.28. The van der Waals surface area contributed by atoms with Crippen LogP contribution in [0.3, 0.4) is 0 Å². The van der Waals surface area contributed by atoms with Gasteiger partial charge in [-0.3, -0.25) is 9.52 Å². The molecule has 32 heavy (non-hydrogen) atoms. The first-order chi connectivity index (χ1) is 15.5. The molecule has 7 nitrogen and oxygen atoms in total. The molecule has 0 spiro atoms. The van der Waals surface area contributed by atoms with Gasteiger partial charge in [0, 0.05) is 23.0 Å². The maximum atomic E-state index is 12.8. The van der Waals surface area contributed by atoms with Crippen LogP contribution in [0, 0.1) is 0 Å². The summed E-state index contributed by atoms with van der Waals surface area (Å²) in [4.78, 5) is 12.7. The number of ether oxygens (including phenoxy) is 2. The van der Waals surface area contributed by atoms with E-state index in [-0.39, 0.29) is 10.8 Å². The van der Waals surface area contributed by atoms with Gasteiger partial charge in [0.1, 0.15) is 13.2 Å². The maximum Gasteiger partial charge on any atom is 0.262 e. The van der Waals surface area contributed by atoms with E-state index in [1.165, 1.54) is 23.3 Å². The third kappa shape index (κ3) is 4.13. The Bertz CT molecular complexity index is 1290. The van der Waals surface area contributed by atoms with Crippen molar-refractivity contribution in [2.45, 2.75) is 24.2 Å². The fourth-order valence-corrected chi connectivity index (χ4v) is 5.02. The van der Waals surface area contributed by atoms with E-state index in [0.29, 0.717) is 36.0 Å². The van der Waals surface area contributed by atoms with E-state index in [4.69, 9.17) is 9.47 Å². The van der Waals surface area contributed by atoms with Crippen molar-refractivity contribution < 1.29 is 22.7 Å². The van der Waals surface area contributed by atoms with E-state index in [1.807, 2.05) is 12.1 Å². The van der Waals surface area contributed by atoms with Crippen molar-refractivity contribution in [2.24, 2.45) is 0 Å². The van der Waals surface area contributed by atoms with Gasteiger partial charge in [0.2, 0.25) is 0 Å². The van der Waals surface area contributed by atoms with Crippen molar-refractivity contribution in [2.75, 3.05) is 23.3 Å². The monoisotopic (exact) mass is 450 g/mol. The Hall–Kier alpha value is -3.52. The molecule has 2 N–H and O–H groups in total. The lowest BCUT2D eigenvalue weighted by Gasteiger charge is -2.19. The van der Waals surface area contributed by atoms with E-state index in [9.17, 15) is 13.2 Å². The number of carbonyl (C=O) groups excluding carboxylic acids is 1. The molecule has 8 heteroatoms. The van der Waals surface area contributed by atoms with Gasteiger partial charge in [0.25, 0.3) is 15.9 Å². The second-order valence-corrected chi connectivity index (χ2v) is 9.46. The quantitative estimate of drug-likeness (QED) is 0.613. The van der Waals surface area contributed by atoms with E-state index in [1.54, 1.807) is 30.3 Å². The summed E-state index contributed by atoms with van der Waals surface area (Å²) in [5, 5.41) is 2.91. The van der Waals surface area contributed by atoms with Gasteiger partial charge >= 0.3 is 0 Å². The zero-order valence-corrected chi connectivity index (χ0v) is 18.1. The number of benzene rings is 3. The molecule has 0 bridgehead atoms. The molecule has 5 rings (SSSR count). The minimum atomic E-state index is -3.82. The molecule has 0 saturated carbocycles. The van der Waals surface area contributed by atoms with Gasteiger partial charge in [0.15, 0.2) is 11.5 Å². The Labute approximate surface area is 186 Å². The summed E-state index contributed by atoms with van der Waals surface area (Å²) >= 11 is 0. The molecule has 1 heterocycles. The lowest BCUT2D eigenvalue weighted by molar-refractivity contribution is 0.102. The van der Waals surface area contributed by atoms with Crippen LogP contribution >= 0.6 is 0 Å². The van der Waals surface area contributed by atoms with Gasteiger partial charge in [-0.1, -0.05) is 6.07 Å². The molecule has 1 aliphatic heterocycles. The van der Waals surface area contributed by atoms with Gasteiger partial charge in [-0.25, -0.2) is 8.42 Å². The molecule has 1 amide bonds. The Morgan fingerprint density at radius 3 is 2.31 bits per heavy atom. The highest BCUT2D eigenvalue weighted by Gasteiger charge is 2.20. The summed E-state index contributed by atoms with van der Waals surface area (Å²) in [6.45, 7) is 0.808. The zero-order valence-electron chi connectivity index (χ0n) is 17.3. The highest BCUT2D eigenvalue weighted by molar-refractivity contribution is 7.92. The number of sulfonamides is 1. The molecule has 2 aliphatic rings. The summed E-state index contributed by atoms with van der Waals surface area (Å²) in [5.74, 6) is 0.677. The highest BCUT2D eigenvalue weighted by Crippen LogP contribution is 2.33. The van der Waals surface area contributed by atoms with Gasteiger partial charge in [0.05, 0.1) is 4.90 Å². The van der Waals surface area contributed by atoms with Crippen LogP contribution in [0.25, 0.3) is 0 Å². The molecule has 0 fully saturated rings. The SMILES string of the molecule is O=C(Nc1ccc2c(c1)CCC2)c1ccc(NS(=O)(=O)c2ccc3c(c2)OCCO3)cc1.